The monoisotopic (exact) mass is 758 g/mol. The van der Waals surface area contributed by atoms with Gasteiger partial charge in [0.05, 0.1) is 49.4 Å². The Labute approximate surface area is 294 Å². The zero-order valence-electron chi connectivity index (χ0n) is 26.8. The molecule has 0 spiro atoms. The molecule has 247 valence electrons. The van der Waals surface area contributed by atoms with Gasteiger partial charge in [-0.3, -0.25) is 9.59 Å². The summed E-state index contributed by atoms with van der Waals surface area (Å²) < 4.78 is 0. The van der Waals surface area contributed by atoms with Gasteiger partial charge in [0.2, 0.25) is 0 Å². The van der Waals surface area contributed by atoms with Crippen LogP contribution in [0.1, 0.15) is 32.5 Å². The van der Waals surface area contributed by atoms with Gasteiger partial charge in [-0.05, 0) is 67.4 Å². The first-order valence-corrected chi connectivity index (χ1v) is 18.5. The molecule has 0 fully saturated rings. The van der Waals surface area contributed by atoms with Crippen molar-refractivity contribution in [2.45, 2.75) is 33.2 Å². The molecule has 5 rings (SSSR count). The first-order valence-electron chi connectivity index (χ1n) is 15.0. The fourth-order valence-electron chi connectivity index (χ4n) is 4.49. The smallest absolute Gasteiger partial charge is 0.671 e. The van der Waals surface area contributed by atoms with E-state index >= 15 is 0 Å². The summed E-state index contributed by atoms with van der Waals surface area (Å²) in [4.78, 5) is 25.6. The molecule has 3 N–H and O–H groups in total. The Bertz CT molecular complexity index is 1320. The Morgan fingerprint density at radius 3 is 1.02 bits per heavy atom. The van der Waals surface area contributed by atoms with Crippen molar-refractivity contribution in [2.24, 2.45) is 0 Å². The number of rotatable bonds is 10. The summed E-state index contributed by atoms with van der Waals surface area (Å²) in [6.07, 6.45) is 8.47. The summed E-state index contributed by atoms with van der Waals surface area (Å²) in [6, 6.07) is 46.4. The van der Waals surface area contributed by atoms with E-state index < -0.39 is 27.8 Å². The Kier molecular flexibility index (Phi) is 22.4. The molecule has 0 bridgehead atoms. The Hall–Kier alpha value is -3.66. The summed E-state index contributed by atoms with van der Waals surface area (Å²) in [7, 11) is -1.43. The Morgan fingerprint density at radius 2 is 0.809 bits per heavy atom. The average molecular weight is 758 g/mol. The fraction of sp³-hybridized carbons (Fsp3) is 0.189. The maximum absolute atomic E-state index is 9.00. The first-order chi connectivity index (χ1) is 22.3. The molecule has 1 heterocycles. The number of carboxylic acids is 2. The van der Waals surface area contributed by atoms with Gasteiger partial charge in [-0.2, -0.15) is 0 Å². The van der Waals surface area contributed by atoms with Gasteiger partial charge in [-0.25, -0.2) is 9.97 Å². The van der Waals surface area contributed by atoms with Crippen LogP contribution in [0, 0.1) is 0 Å². The normalized spacial score (nSPS) is 9.72. The summed E-state index contributed by atoms with van der Waals surface area (Å²) in [5.41, 5.74) is 6.82. The van der Waals surface area contributed by atoms with Crippen molar-refractivity contribution in [3.05, 3.63) is 151 Å². The van der Waals surface area contributed by atoms with Crippen molar-refractivity contribution in [3.8, 4) is 0 Å². The third-order valence-electron chi connectivity index (χ3n) is 6.37. The van der Waals surface area contributed by atoms with Gasteiger partial charge in [-0.1, -0.05) is 79.3 Å². The van der Waals surface area contributed by atoms with E-state index in [0.29, 0.717) is 5.82 Å². The van der Waals surface area contributed by atoms with Crippen LogP contribution in [0.4, 0.5) is 0 Å². The maximum atomic E-state index is 9.00. The fourth-order valence-corrected chi connectivity index (χ4v) is 9.90. The molecule has 0 saturated carbocycles. The number of aromatic nitrogens is 2. The summed E-state index contributed by atoms with van der Waals surface area (Å²) in [6.45, 7) is 2.33. The molecule has 7 nitrogen and oxygen atoms in total. The van der Waals surface area contributed by atoms with Crippen molar-refractivity contribution < 1.29 is 39.3 Å². The second kappa shape index (κ2) is 25.4. The van der Waals surface area contributed by atoms with E-state index in [9.17, 15) is 0 Å². The van der Waals surface area contributed by atoms with Crippen molar-refractivity contribution in [3.63, 3.8) is 0 Å². The topological polar surface area (TPSA) is 124 Å². The molecule has 4 aromatic carbocycles. The third kappa shape index (κ3) is 18.3. The van der Waals surface area contributed by atoms with Gasteiger partial charge in [0.15, 0.2) is 0 Å². The van der Waals surface area contributed by atoms with Gasteiger partial charge in [-0.15, -0.1) is 0 Å². The van der Waals surface area contributed by atoms with Crippen LogP contribution in [0.2, 0.25) is 0 Å². The maximum Gasteiger partial charge on any atom is 1.00 e. The van der Waals surface area contributed by atoms with E-state index in [4.69, 9.17) is 25.5 Å². The second-order valence-corrected chi connectivity index (χ2v) is 15.2. The molecule has 0 amide bonds. The van der Waals surface area contributed by atoms with E-state index in [-0.39, 0.29) is 26.0 Å². The van der Waals surface area contributed by atoms with E-state index in [1.54, 1.807) is 18.5 Å². The van der Waals surface area contributed by atoms with Gasteiger partial charge >= 0.3 is 19.5 Å². The minimum absolute atomic E-state index is 0. The van der Waals surface area contributed by atoms with Gasteiger partial charge in [0.1, 0.15) is 5.82 Å². The number of carbonyl (C=O) groups is 2. The molecule has 0 aliphatic heterocycles. The molecular formula is C37H44N3O4P2Ru+2. The van der Waals surface area contributed by atoms with Crippen LogP contribution in [0.3, 0.4) is 0 Å². The van der Waals surface area contributed by atoms with E-state index in [2.05, 4.69) is 131 Å². The number of carboxylic acid groups (broad SMARTS) is 2. The van der Waals surface area contributed by atoms with Crippen molar-refractivity contribution >= 4 is 49.0 Å². The SMILES string of the molecule is CC(=O)O.CC(=O)O.[NH-]Cc1ncccn1.[Ru+].c1ccc([PH+](CCCC[PH+](c2ccccc2)c2ccccc2)c2ccccc2)cc1. The van der Waals surface area contributed by atoms with E-state index in [1.165, 1.54) is 46.4 Å². The summed E-state index contributed by atoms with van der Waals surface area (Å²) in [5.74, 6) is -1.09. The average Bonchev–Trinajstić information content (AvgIpc) is 3.08. The van der Waals surface area contributed by atoms with Crippen LogP contribution < -0.4 is 21.2 Å². The van der Waals surface area contributed by atoms with Crippen LogP contribution in [0.25, 0.3) is 5.73 Å². The number of hydrogen-bond acceptors (Lipinski definition) is 4. The van der Waals surface area contributed by atoms with Gasteiger partial charge < -0.3 is 15.9 Å². The number of nitrogens with one attached hydrogen (secondary N) is 1. The molecule has 5 aromatic rings. The number of nitrogens with zero attached hydrogens (tertiary/aromatic N) is 2. The molecule has 1 radical (unpaired) electrons. The van der Waals surface area contributed by atoms with Crippen molar-refractivity contribution in [1.82, 2.24) is 9.97 Å². The van der Waals surface area contributed by atoms with Crippen LogP contribution >= 0.6 is 15.8 Å². The Balaban J connectivity index is 0.000000537. The number of aliphatic carboxylic acids is 2. The standard InChI is InChI=1S/C28H28P2.C5H6N3.2C2H4O2.Ru/c1-5-15-25(16-6-1)29(26-17-7-2-8-18-26)23-13-14-24-30(27-19-9-3-10-20-27)28-21-11-4-12-22-28;6-4-5-7-2-1-3-8-5;2*1-2(3)4;/h1-12,15-22H,13-14,23-24H2;1-3,6H,4H2;2*1H3,(H,3,4);/q;-1;;;+1/p+2. The molecule has 1 aromatic heterocycles. The Morgan fingerprint density at radius 1 is 0.553 bits per heavy atom. The van der Waals surface area contributed by atoms with Crippen LogP contribution in [-0.2, 0) is 35.6 Å². The van der Waals surface area contributed by atoms with Crippen molar-refractivity contribution in [1.29, 1.82) is 0 Å². The number of unbranched alkanes of at least 4 members (excludes halogenated alkanes) is 1. The third-order valence-corrected chi connectivity index (χ3v) is 12.2. The minimum atomic E-state index is -0.833. The largest absolute Gasteiger partial charge is 1.00 e. The van der Waals surface area contributed by atoms with Crippen LogP contribution in [0.5, 0.6) is 0 Å². The zero-order valence-corrected chi connectivity index (χ0v) is 30.5. The molecule has 47 heavy (non-hydrogen) atoms. The van der Waals surface area contributed by atoms with Crippen molar-refractivity contribution in [2.75, 3.05) is 12.3 Å². The zero-order chi connectivity index (χ0) is 33.4. The molecule has 0 aliphatic rings. The molecule has 0 unspecified atom stereocenters. The quantitative estimate of drug-likeness (QED) is 0.0929. The summed E-state index contributed by atoms with van der Waals surface area (Å²) >= 11 is 0. The second-order valence-electron chi connectivity index (χ2n) is 10.0. The van der Waals surface area contributed by atoms with Gasteiger partial charge in [0.25, 0.3) is 11.9 Å². The molecular weight excluding hydrogens is 713 g/mol. The van der Waals surface area contributed by atoms with E-state index in [1.807, 2.05) is 0 Å². The van der Waals surface area contributed by atoms with E-state index in [0.717, 1.165) is 13.8 Å². The van der Waals surface area contributed by atoms with Gasteiger partial charge in [0, 0.05) is 26.2 Å². The molecule has 10 heteroatoms. The number of hydrogen-bond donors (Lipinski definition) is 2. The summed E-state index contributed by atoms with van der Waals surface area (Å²) in [5, 5.41) is 21.0. The van der Waals surface area contributed by atoms with Crippen LogP contribution in [-0.4, -0.2) is 44.4 Å². The minimum Gasteiger partial charge on any atom is -0.671 e. The predicted octanol–water partition coefficient (Wildman–Crippen LogP) is 6.71. The number of benzene rings is 4. The molecule has 0 saturated heterocycles. The molecule has 0 aliphatic carbocycles. The predicted molar refractivity (Wildman–Crippen MR) is 197 cm³/mol. The van der Waals surface area contributed by atoms with Crippen LogP contribution in [0.15, 0.2) is 140 Å². The molecule has 0 atom stereocenters. The first kappa shape index (κ1) is 41.4.